The summed E-state index contributed by atoms with van der Waals surface area (Å²) in [6.45, 7) is 6.51. The van der Waals surface area contributed by atoms with Gasteiger partial charge in [-0.1, -0.05) is 69.3 Å². The lowest BCUT2D eigenvalue weighted by atomic mass is 9.84. The zero-order chi connectivity index (χ0) is 25.0. The Hall–Kier alpha value is -1.54. The van der Waals surface area contributed by atoms with Gasteiger partial charge < -0.3 is 25.6 Å². The first kappa shape index (κ1) is 28.7. The zero-order valence-electron chi connectivity index (χ0n) is 21.5. The lowest BCUT2D eigenvalue weighted by molar-refractivity contribution is 0.0484. The topological polar surface area (TPSA) is 146 Å². The minimum atomic E-state index is -0.692. The van der Waals surface area contributed by atoms with Crippen molar-refractivity contribution < 1.29 is 19.4 Å². The molecule has 3 aliphatic rings. The van der Waals surface area contributed by atoms with Crippen molar-refractivity contribution in [2.24, 2.45) is 22.7 Å². The van der Waals surface area contributed by atoms with Crippen molar-refractivity contribution in [2.45, 2.75) is 128 Å². The van der Waals surface area contributed by atoms with Crippen molar-refractivity contribution >= 4 is 6.09 Å². The molecule has 196 valence electrons. The minimum absolute atomic E-state index is 0.0877. The SMILES string of the molecule is CC(C)(C)OC(=O)N[C@@H](CC1CCCCC1)[C@H]1CO1.[N-]=[N+]=NC[C@@H](O)[C@@H](N)CC1CCCCC1. The summed E-state index contributed by atoms with van der Waals surface area (Å²) >= 11 is 0. The highest BCUT2D eigenvalue weighted by atomic mass is 16.6. The van der Waals surface area contributed by atoms with Crippen molar-refractivity contribution in [1.29, 1.82) is 0 Å². The predicted octanol–water partition coefficient (Wildman–Crippen LogP) is 5.20. The van der Waals surface area contributed by atoms with Gasteiger partial charge in [0, 0.05) is 11.0 Å². The van der Waals surface area contributed by atoms with Crippen molar-refractivity contribution in [3.8, 4) is 0 Å². The Kier molecular flexibility index (Phi) is 12.5. The van der Waals surface area contributed by atoms with E-state index in [4.69, 9.17) is 20.7 Å². The Morgan fingerprint density at radius 2 is 1.65 bits per heavy atom. The van der Waals surface area contributed by atoms with Gasteiger partial charge in [0.25, 0.3) is 0 Å². The minimum Gasteiger partial charge on any atom is -0.444 e. The van der Waals surface area contributed by atoms with E-state index in [-0.39, 0.29) is 30.8 Å². The summed E-state index contributed by atoms with van der Waals surface area (Å²) in [7, 11) is 0. The average Bonchev–Trinajstić information content (AvgIpc) is 3.63. The van der Waals surface area contributed by atoms with E-state index in [1.807, 2.05) is 20.8 Å². The molecule has 0 unspecified atom stereocenters. The van der Waals surface area contributed by atoms with E-state index >= 15 is 0 Å². The normalized spacial score (nSPS) is 24.0. The number of nitrogens with zero attached hydrogens (tertiary/aromatic N) is 3. The maximum atomic E-state index is 11.9. The maximum Gasteiger partial charge on any atom is 0.407 e. The average molecular weight is 482 g/mol. The number of rotatable bonds is 9. The monoisotopic (exact) mass is 481 g/mol. The molecule has 1 heterocycles. The Morgan fingerprint density at radius 1 is 1.12 bits per heavy atom. The molecule has 0 radical (unpaired) electrons. The zero-order valence-corrected chi connectivity index (χ0v) is 21.5. The van der Waals surface area contributed by atoms with Crippen LogP contribution in [0.5, 0.6) is 0 Å². The molecule has 2 aliphatic carbocycles. The van der Waals surface area contributed by atoms with Gasteiger partial charge in [0.1, 0.15) is 11.7 Å². The molecule has 3 fully saturated rings. The van der Waals surface area contributed by atoms with Crippen molar-refractivity contribution in [2.75, 3.05) is 13.2 Å². The number of hydrogen-bond donors (Lipinski definition) is 3. The molecule has 4 N–H and O–H groups in total. The van der Waals surface area contributed by atoms with Crippen LogP contribution in [-0.2, 0) is 9.47 Å². The summed E-state index contributed by atoms with van der Waals surface area (Å²) in [5.41, 5.74) is 13.5. The Morgan fingerprint density at radius 3 is 2.12 bits per heavy atom. The first-order valence-corrected chi connectivity index (χ1v) is 13.2. The number of carbonyl (C=O) groups is 1. The molecule has 9 nitrogen and oxygen atoms in total. The van der Waals surface area contributed by atoms with Gasteiger partial charge in [-0.2, -0.15) is 0 Å². The number of aliphatic hydroxyl groups excluding tert-OH is 1. The smallest absolute Gasteiger partial charge is 0.407 e. The van der Waals surface area contributed by atoms with Crippen LogP contribution < -0.4 is 11.1 Å². The number of carbonyl (C=O) groups excluding carboxylic acids is 1. The third kappa shape index (κ3) is 12.2. The highest BCUT2D eigenvalue weighted by Gasteiger charge is 2.36. The molecule has 0 bridgehead atoms. The van der Waals surface area contributed by atoms with E-state index in [1.54, 1.807) is 0 Å². The van der Waals surface area contributed by atoms with Gasteiger partial charge in [-0.25, -0.2) is 4.79 Å². The van der Waals surface area contributed by atoms with Crippen molar-refractivity contribution in [3.63, 3.8) is 0 Å². The molecule has 1 saturated heterocycles. The van der Waals surface area contributed by atoms with Gasteiger partial charge in [0.2, 0.25) is 0 Å². The third-order valence-corrected chi connectivity index (χ3v) is 6.98. The lowest BCUT2D eigenvalue weighted by Gasteiger charge is -2.27. The maximum absolute atomic E-state index is 11.9. The Bertz CT molecular complexity index is 634. The van der Waals surface area contributed by atoms with E-state index in [1.165, 1.54) is 64.2 Å². The lowest BCUT2D eigenvalue weighted by Crippen LogP contribution is -2.43. The molecule has 34 heavy (non-hydrogen) atoms. The van der Waals surface area contributed by atoms with E-state index in [2.05, 4.69) is 15.3 Å². The third-order valence-electron chi connectivity index (χ3n) is 6.98. The van der Waals surface area contributed by atoms with Gasteiger partial charge in [0.15, 0.2) is 0 Å². The fourth-order valence-corrected chi connectivity index (χ4v) is 5.05. The fourth-order valence-electron chi connectivity index (χ4n) is 5.05. The predicted molar refractivity (Wildman–Crippen MR) is 133 cm³/mol. The standard InChI is InChI=1S/C15H27NO3.C10H20N4O/c1-15(2,3)19-14(17)16-12(13-10-18-13)9-11-7-5-4-6-8-11;11-9(10(15)7-13-14-12)6-8-4-2-1-3-5-8/h11-13H,4-10H2,1-3H3,(H,16,17);8-10,15H,1-7,11H2/t12-,13+;9-,10+/m00/s1. The van der Waals surface area contributed by atoms with Crippen LogP contribution >= 0.6 is 0 Å². The number of ether oxygens (including phenoxy) is 2. The fraction of sp³-hybridized carbons (Fsp3) is 0.960. The van der Waals surface area contributed by atoms with Crippen LogP contribution in [0.4, 0.5) is 4.79 Å². The molecular weight excluding hydrogens is 434 g/mol. The molecule has 1 amide bonds. The van der Waals surface area contributed by atoms with Crippen LogP contribution in [0.2, 0.25) is 0 Å². The number of epoxide rings is 1. The van der Waals surface area contributed by atoms with E-state index < -0.39 is 11.7 Å². The molecule has 9 heteroatoms. The molecule has 0 aromatic carbocycles. The first-order chi connectivity index (χ1) is 16.2. The first-order valence-electron chi connectivity index (χ1n) is 13.2. The van der Waals surface area contributed by atoms with Gasteiger partial charge in [-0.3, -0.25) is 0 Å². The van der Waals surface area contributed by atoms with Crippen LogP contribution in [0.25, 0.3) is 10.4 Å². The summed E-state index contributed by atoms with van der Waals surface area (Å²) in [6, 6.07) is -0.128. The quantitative estimate of drug-likeness (QED) is 0.179. The van der Waals surface area contributed by atoms with Gasteiger partial charge >= 0.3 is 6.09 Å². The van der Waals surface area contributed by atoms with Gasteiger partial charge in [-0.05, 0) is 51.0 Å². The molecule has 0 aromatic heterocycles. The number of nitrogens with two attached hydrogens (primary N) is 1. The highest BCUT2D eigenvalue weighted by molar-refractivity contribution is 5.68. The Balaban J connectivity index is 0.000000248. The number of aliphatic hydroxyl groups is 1. The van der Waals surface area contributed by atoms with Crippen LogP contribution in [0.1, 0.15) is 97.8 Å². The highest BCUT2D eigenvalue weighted by Crippen LogP contribution is 2.30. The summed E-state index contributed by atoms with van der Waals surface area (Å²) in [5, 5.41) is 15.9. The molecule has 3 rings (SSSR count). The molecule has 1 aliphatic heterocycles. The van der Waals surface area contributed by atoms with E-state index in [0.29, 0.717) is 5.92 Å². The Labute approximate surface area is 205 Å². The van der Waals surface area contributed by atoms with Crippen molar-refractivity contribution in [3.05, 3.63) is 10.4 Å². The molecule has 2 saturated carbocycles. The van der Waals surface area contributed by atoms with E-state index in [0.717, 1.165) is 25.4 Å². The summed E-state index contributed by atoms with van der Waals surface area (Å²) < 4.78 is 10.7. The molecule has 0 aromatic rings. The molecule has 0 spiro atoms. The van der Waals surface area contributed by atoms with E-state index in [9.17, 15) is 9.90 Å². The number of alkyl carbamates (subject to hydrolysis) is 1. The molecular formula is C25H47N5O4. The van der Waals surface area contributed by atoms with Crippen LogP contribution in [0.3, 0.4) is 0 Å². The number of nitrogens with one attached hydrogen (secondary N) is 1. The van der Waals surface area contributed by atoms with Gasteiger partial charge in [0.05, 0.1) is 25.3 Å². The number of azide groups is 1. The van der Waals surface area contributed by atoms with Crippen molar-refractivity contribution in [1.82, 2.24) is 5.32 Å². The van der Waals surface area contributed by atoms with Crippen LogP contribution in [0.15, 0.2) is 5.11 Å². The molecule has 4 atom stereocenters. The second kappa shape index (κ2) is 14.8. The second-order valence-electron chi connectivity index (χ2n) is 11.2. The number of amides is 1. The second-order valence-corrected chi connectivity index (χ2v) is 11.2. The summed E-state index contributed by atoms with van der Waals surface area (Å²) in [5.74, 6) is 1.38. The summed E-state index contributed by atoms with van der Waals surface area (Å²) in [6.07, 6.45) is 14.0. The summed E-state index contributed by atoms with van der Waals surface area (Å²) in [4.78, 5) is 14.5. The largest absolute Gasteiger partial charge is 0.444 e. The van der Waals surface area contributed by atoms with Crippen LogP contribution in [0, 0.1) is 11.8 Å². The van der Waals surface area contributed by atoms with Crippen LogP contribution in [-0.4, -0.2) is 54.2 Å². The number of hydrogen-bond acceptors (Lipinski definition) is 6. The van der Waals surface area contributed by atoms with Gasteiger partial charge in [-0.15, -0.1) is 0 Å².